The van der Waals surface area contributed by atoms with E-state index in [2.05, 4.69) is 35.5 Å². The van der Waals surface area contributed by atoms with Gasteiger partial charge in [-0.25, -0.2) is 4.98 Å². The highest BCUT2D eigenvalue weighted by atomic mass is 79.9. The van der Waals surface area contributed by atoms with Crippen molar-refractivity contribution in [3.8, 4) is 0 Å². The number of methoxy groups -OCH3 is 1. The van der Waals surface area contributed by atoms with Crippen LogP contribution in [0, 0.1) is 0 Å². The molecule has 0 bridgehead atoms. The van der Waals surface area contributed by atoms with Gasteiger partial charge in [0.15, 0.2) is 0 Å². The van der Waals surface area contributed by atoms with E-state index in [9.17, 15) is 4.79 Å². The Morgan fingerprint density at radius 3 is 2.75 bits per heavy atom. The first kappa shape index (κ1) is 15.5. The summed E-state index contributed by atoms with van der Waals surface area (Å²) in [5.41, 5.74) is 0. The molecule has 20 heavy (non-hydrogen) atoms. The second-order valence-corrected chi connectivity index (χ2v) is 5.94. The van der Waals surface area contributed by atoms with Gasteiger partial charge in [-0.15, -0.1) is 0 Å². The smallest absolute Gasteiger partial charge is 0.306 e. The summed E-state index contributed by atoms with van der Waals surface area (Å²) in [6.07, 6.45) is 2.19. The lowest BCUT2D eigenvalue weighted by Gasteiger charge is -2.35. The number of carbonyl (C=O) groups is 1. The van der Waals surface area contributed by atoms with Gasteiger partial charge in [-0.1, -0.05) is 11.6 Å². The van der Waals surface area contributed by atoms with E-state index in [1.165, 1.54) is 7.11 Å². The summed E-state index contributed by atoms with van der Waals surface area (Å²) in [7, 11) is 1.42. The molecule has 2 rings (SSSR count). The van der Waals surface area contributed by atoms with Crippen LogP contribution in [-0.2, 0) is 9.53 Å². The minimum Gasteiger partial charge on any atom is -0.469 e. The number of anilines is 1. The van der Waals surface area contributed by atoms with E-state index in [0.717, 1.165) is 43.0 Å². The molecular formula is C13H17BrClN3O2. The van der Waals surface area contributed by atoms with Gasteiger partial charge < -0.3 is 9.64 Å². The molecule has 110 valence electrons. The topological polar surface area (TPSA) is 45.7 Å². The Balaban J connectivity index is 1.86. The molecule has 0 saturated carbocycles. The quantitative estimate of drug-likeness (QED) is 0.768. The Morgan fingerprint density at radius 2 is 2.15 bits per heavy atom. The molecule has 0 N–H and O–H groups in total. The van der Waals surface area contributed by atoms with Crippen molar-refractivity contribution in [2.75, 3.05) is 44.7 Å². The van der Waals surface area contributed by atoms with Crippen LogP contribution in [-0.4, -0.2) is 55.7 Å². The maximum absolute atomic E-state index is 11.1. The molecule has 2 heterocycles. The third kappa shape index (κ3) is 4.07. The molecule has 0 radical (unpaired) electrons. The minimum atomic E-state index is -0.162. The SMILES string of the molecule is COC(=O)CCN1CCN(c2ncc(Br)cc2Cl)CC1. The van der Waals surface area contributed by atoms with Crippen LogP contribution in [0.4, 0.5) is 5.82 Å². The molecule has 1 aromatic heterocycles. The molecule has 0 aliphatic carbocycles. The average Bonchev–Trinajstić information content (AvgIpc) is 2.45. The largest absolute Gasteiger partial charge is 0.469 e. The summed E-state index contributed by atoms with van der Waals surface area (Å²) in [5.74, 6) is 0.660. The normalized spacial score (nSPS) is 16.2. The Kier molecular flexibility index (Phi) is 5.63. The Morgan fingerprint density at radius 1 is 1.45 bits per heavy atom. The fourth-order valence-electron chi connectivity index (χ4n) is 2.17. The predicted octanol–water partition coefficient (Wildman–Crippen LogP) is 2.18. The highest BCUT2D eigenvalue weighted by Crippen LogP contribution is 2.26. The van der Waals surface area contributed by atoms with Crippen LogP contribution >= 0.6 is 27.5 Å². The first-order valence-electron chi connectivity index (χ1n) is 6.45. The van der Waals surface area contributed by atoms with Crippen molar-refractivity contribution in [1.82, 2.24) is 9.88 Å². The first-order valence-corrected chi connectivity index (χ1v) is 7.62. The minimum absolute atomic E-state index is 0.162. The lowest BCUT2D eigenvalue weighted by Crippen LogP contribution is -2.47. The van der Waals surface area contributed by atoms with Crippen LogP contribution in [0.25, 0.3) is 0 Å². The second-order valence-electron chi connectivity index (χ2n) is 4.61. The molecule has 0 atom stereocenters. The van der Waals surface area contributed by atoms with Crippen molar-refractivity contribution in [2.45, 2.75) is 6.42 Å². The molecule has 0 spiro atoms. The summed E-state index contributed by atoms with van der Waals surface area (Å²) < 4.78 is 5.53. The van der Waals surface area contributed by atoms with Gasteiger partial charge in [0.05, 0.1) is 18.6 Å². The summed E-state index contributed by atoms with van der Waals surface area (Å²) in [6, 6.07) is 1.85. The Bertz CT molecular complexity index is 479. The fourth-order valence-corrected chi connectivity index (χ4v) is 2.92. The van der Waals surface area contributed by atoms with Crippen LogP contribution in [0.3, 0.4) is 0 Å². The molecule has 1 fully saturated rings. The molecule has 5 nitrogen and oxygen atoms in total. The second kappa shape index (κ2) is 7.24. The van der Waals surface area contributed by atoms with E-state index in [1.54, 1.807) is 6.20 Å². The maximum Gasteiger partial charge on any atom is 0.306 e. The number of hydrogen-bond acceptors (Lipinski definition) is 5. The summed E-state index contributed by atoms with van der Waals surface area (Å²) >= 11 is 9.57. The number of rotatable bonds is 4. The molecule has 1 aromatic rings. The third-order valence-corrected chi connectivity index (χ3v) is 4.03. The van der Waals surface area contributed by atoms with Gasteiger partial charge in [0.25, 0.3) is 0 Å². The van der Waals surface area contributed by atoms with Crippen molar-refractivity contribution >= 4 is 39.3 Å². The Labute approximate surface area is 132 Å². The van der Waals surface area contributed by atoms with Gasteiger partial charge in [-0.2, -0.15) is 0 Å². The molecular weight excluding hydrogens is 346 g/mol. The van der Waals surface area contributed by atoms with E-state index < -0.39 is 0 Å². The van der Waals surface area contributed by atoms with Crippen LogP contribution in [0.5, 0.6) is 0 Å². The average molecular weight is 363 g/mol. The number of hydrogen-bond donors (Lipinski definition) is 0. The number of pyridine rings is 1. The fraction of sp³-hybridized carbons (Fsp3) is 0.538. The van der Waals surface area contributed by atoms with Gasteiger partial charge in [-0.3, -0.25) is 9.69 Å². The number of nitrogens with zero attached hydrogens (tertiary/aromatic N) is 3. The summed E-state index contributed by atoms with van der Waals surface area (Å²) in [5, 5.41) is 0.655. The highest BCUT2D eigenvalue weighted by Gasteiger charge is 2.20. The van der Waals surface area contributed by atoms with Crippen molar-refractivity contribution < 1.29 is 9.53 Å². The standard InChI is InChI=1S/C13H17BrClN3O2/c1-20-12(19)2-3-17-4-6-18(7-5-17)13-11(15)8-10(14)9-16-13/h8-9H,2-7H2,1H3. The zero-order valence-corrected chi connectivity index (χ0v) is 13.7. The van der Waals surface area contributed by atoms with Gasteiger partial charge >= 0.3 is 5.97 Å². The van der Waals surface area contributed by atoms with Crippen LogP contribution in [0.2, 0.25) is 5.02 Å². The predicted molar refractivity (Wildman–Crippen MR) is 82.2 cm³/mol. The molecule has 1 saturated heterocycles. The molecule has 0 amide bonds. The van der Waals surface area contributed by atoms with Crippen molar-refractivity contribution in [2.24, 2.45) is 0 Å². The molecule has 0 aromatic carbocycles. The van der Waals surface area contributed by atoms with E-state index in [0.29, 0.717) is 11.4 Å². The number of carbonyl (C=O) groups excluding carboxylic acids is 1. The highest BCUT2D eigenvalue weighted by molar-refractivity contribution is 9.10. The zero-order valence-electron chi connectivity index (χ0n) is 11.3. The number of piperazine rings is 1. The molecule has 0 unspecified atom stereocenters. The van der Waals surface area contributed by atoms with Gasteiger partial charge in [-0.05, 0) is 22.0 Å². The van der Waals surface area contributed by atoms with Crippen LogP contribution in [0.15, 0.2) is 16.7 Å². The van der Waals surface area contributed by atoms with Crippen molar-refractivity contribution in [3.05, 3.63) is 21.8 Å². The van der Waals surface area contributed by atoms with E-state index in [1.807, 2.05) is 6.07 Å². The lowest BCUT2D eigenvalue weighted by molar-refractivity contribution is -0.141. The van der Waals surface area contributed by atoms with Crippen LogP contribution < -0.4 is 4.90 Å². The van der Waals surface area contributed by atoms with Gasteiger partial charge in [0, 0.05) is 43.4 Å². The number of halogens is 2. The van der Waals surface area contributed by atoms with E-state index in [4.69, 9.17) is 11.6 Å². The van der Waals surface area contributed by atoms with E-state index >= 15 is 0 Å². The first-order chi connectivity index (χ1) is 9.60. The van der Waals surface area contributed by atoms with Crippen LogP contribution in [0.1, 0.15) is 6.42 Å². The molecule has 1 aliphatic heterocycles. The monoisotopic (exact) mass is 361 g/mol. The summed E-state index contributed by atoms with van der Waals surface area (Å²) in [4.78, 5) is 19.9. The number of ether oxygens (including phenoxy) is 1. The molecule has 1 aliphatic rings. The van der Waals surface area contributed by atoms with Crippen molar-refractivity contribution in [3.63, 3.8) is 0 Å². The maximum atomic E-state index is 11.1. The third-order valence-electron chi connectivity index (χ3n) is 3.32. The zero-order chi connectivity index (χ0) is 14.5. The number of esters is 1. The molecule has 7 heteroatoms. The lowest BCUT2D eigenvalue weighted by atomic mass is 10.3. The van der Waals surface area contributed by atoms with Gasteiger partial charge in [0.1, 0.15) is 5.82 Å². The Hall–Kier alpha value is -0.850. The van der Waals surface area contributed by atoms with Crippen molar-refractivity contribution in [1.29, 1.82) is 0 Å². The summed E-state index contributed by atoms with van der Waals surface area (Å²) in [6.45, 7) is 4.24. The van der Waals surface area contributed by atoms with E-state index in [-0.39, 0.29) is 5.97 Å². The van der Waals surface area contributed by atoms with Gasteiger partial charge in [0.2, 0.25) is 0 Å². The number of aromatic nitrogens is 1.